The molecule has 0 fully saturated rings. The van der Waals surface area contributed by atoms with Crippen LogP contribution in [0.3, 0.4) is 0 Å². The van der Waals surface area contributed by atoms with Crippen molar-refractivity contribution in [2.75, 3.05) is 13.4 Å². The second-order valence-electron chi connectivity index (χ2n) is 2.94. The summed E-state index contributed by atoms with van der Waals surface area (Å²) in [5.41, 5.74) is 1.16. The van der Waals surface area contributed by atoms with E-state index in [2.05, 4.69) is 0 Å². The molecule has 0 saturated carbocycles. The third kappa shape index (κ3) is 3.07. The molecule has 14 heavy (non-hydrogen) atoms. The van der Waals surface area contributed by atoms with Crippen LogP contribution < -0.4 is 0 Å². The minimum absolute atomic E-state index is 0.0950. The number of carbonyl (C=O) groups excluding carboxylic acids is 1. The van der Waals surface area contributed by atoms with Gasteiger partial charge in [0.05, 0.1) is 7.11 Å². The Morgan fingerprint density at radius 1 is 1.43 bits per heavy atom. The molecular formula is C11H14O2S. The lowest BCUT2D eigenvalue weighted by Gasteiger charge is -2.11. The summed E-state index contributed by atoms with van der Waals surface area (Å²) in [6, 6.07) is 9.96. The Hall–Kier alpha value is -0.960. The van der Waals surface area contributed by atoms with Crippen LogP contribution in [0.1, 0.15) is 5.56 Å². The van der Waals surface area contributed by atoms with Crippen molar-refractivity contribution in [2.24, 2.45) is 0 Å². The van der Waals surface area contributed by atoms with Gasteiger partial charge in [0.15, 0.2) is 0 Å². The first kappa shape index (κ1) is 11.1. The highest BCUT2D eigenvalue weighted by molar-refractivity contribution is 7.99. The van der Waals surface area contributed by atoms with Crippen molar-refractivity contribution in [2.45, 2.75) is 11.7 Å². The molecule has 0 aliphatic rings. The summed E-state index contributed by atoms with van der Waals surface area (Å²) >= 11 is 1.52. The first-order chi connectivity index (χ1) is 6.77. The Kier molecular flexibility index (Phi) is 4.53. The largest absolute Gasteiger partial charge is 0.468 e. The number of hydrogen-bond donors (Lipinski definition) is 0. The van der Waals surface area contributed by atoms with E-state index < -0.39 is 0 Å². The van der Waals surface area contributed by atoms with E-state index in [4.69, 9.17) is 4.74 Å². The van der Waals surface area contributed by atoms with Crippen LogP contribution in [-0.4, -0.2) is 24.6 Å². The van der Waals surface area contributed by atoms with E-state index in [1.807, 2.05) is 36.6 Å². The fraction of sp³-hybridized carbons (Fsp3) is 0.364. The van der Waals surface area contributed by atoms with Gasteiger partial charge in [0, 0.05) is 0 Å². The molecule has 2 nitrogen and oxygen atoms in total. The second kappa shape index (κ2) is 5.70. The molecule has 0 heterocycles. The molecule has 0 saturated heterocycles. The van der Waals surface area contributed by atoms with Gasteiger partial charge in [-0.15, -0.1) is 11.8 Å². The zero-order valence-electron chi connectivity index (χ0n) is 8.40. The quantitative estimate of drug-likeness (QED) is 0.712. The van der Waals surface area contributed by atoms with Crippen LogP contribution in [0.2, 0.25) is 0 Å². The maximum Gasteiger partial charge on any atom is 0.319 e. The smallest absolute Gasteiger partial charge is 0.319 e. The fourth-order valence-electron chi connectivity index (χ4n) is 1.22. The van der Waals surface area contributed by atoms with Crippen LogP contribution in [-0.2, 0) is 16.0 Å². The highest BCUT2D eigenvalue weighted by Gasteiger charge is 2.17. The van der Waals surface area contributed by atoms with Crippen molar-refractivity contribution < 1.29 is 9.53 Å². The Balaban J connectivity index is 2.62. The van der Waals surface area contributed by atoms with Gasteiger partial charge in [-0.3, -0.25) is 4.79 Å². The Morgan fingerprint density at radius 3 is 2.57 bits per heavy atom. The predicted octanol–water partition coefficient (Wildman–Crippen LogP) is 2.13. The van der Waals surface area contributed by atoms with Crippen LogP contribution in [0.15, 0.2) is 30.3 Å². The Morgan fingerprint density at radius 2 is 2.07 bits per heavy atom. The lowest BCUT2D eigenvalue weighted by atomic mass is 10.1. The normalized spacial score (nSPS) is 12.1. The SMILES string of the molecule is COC(=O)C(Cc1ccccc1)SC. The average molecular weight is 210 g/mol. The Labute approximate surface area is 88.7 Å². The number of thioether (sulfide) groups is 1. The molecule has 0 bridgehead atoms. The van der Waals surface area contributed by atoms with Crippen molar-refractivity contribution in [1.29, 1.82) is 0 Å². The van der Waals surface area contributed by atoms with E-state index in [0.29, 0.717) is 0 Å². The van der Waals surface area contributed by atoms with Gasteiger partial charge in [-0.2, -0.15) is 0 Å². The number of esters is 1. The first-order valence-electron chi connectivity index (χ1n) is 4.42. The molecule has 0 aliphatic carbocycles. The first-order valence-corrected chi connectivity index (χ1v) is 5.71. The van der Waals surface area contributed by atoms with E-state index in [0.717, 1.165) is 12.0 Å². The fourth-order valence-corrected chi connectivity index (χ4v) is 1.87. The lowest BCUT2D eigenvalue weighted by Crippen LogP contribution is -2.20. The molecule has 1 rings (SSSR count). The molecule has 0 aliphatic heterocycles. The summed E-state index contributed by atoms with van der Waals surface area (Å²) in [4.78, 5) is 11.3. The number of methoxy groups -OCH3 is 1. The summed E-state index contributed by atoms with van der Waals surface area (Å²) < 4.78 is 4.72. The third-order valence-electron chi connectivity index (χ3n) is 2.01. The van der Waals surface area contributed by atoms with Crippen molar-refractivity contribution in [1.82, 2.24) is 0 Å². The minimum atomic E-state index is -0.152. The van der Waals surface area contributed by atoms with Gasteiger partial charge < -0.3 is 4.74 Å². The molecule has 0 amide bonds. The lowest BCUT2D eigenvalue weighted by molar-refractivity contribution is -0.139. The highest BCUT2D eigenvalue weighted by atomic mass is 32.2. The molecule has 0 spiro atoms. The minimum Gasteiger partial charge on any atom is -0.468 e. The summed E-state index contributed by atoms with van der Waals surface area (Å²) in [5.74, 6) is -0.152. The van der Waals surface area contributed by atoms with Gasteiger partial charge >= 0.3 is 5.97 Å². The molecule has 1 unspecified atom stereocenters. The molecule has 1 atom stereocenters. The van der Waals surface area contributed by atoms with E-state index in [1.54, 1.807) is 0 Å². The van der Waals surface area contributed by atoms with Gasteiger partial charge in [0.2, 0.25) is 0 Å². The molecule has 1 aromatic rings. The van der Waals surface area contributed by atoms with Crippen LogP contribution in [0, 0.1) is 0 Å². The monoisotopic (exact) mass is 210 g/mol. The number of carbonyl (C=O) groups is 1. The topological polar surface area (TPSA) is 26.3 Å². The number of hydrogen-bond acceptors (Lipinski definition) is 3. The van der Waals surface area contributed by atoms with Crippen molar-refractivity contribution in [3.05, 3.63) is 35.9 Å². The van der Waals surface area contributed by atoms with Crippen molar-refractivity contribution in [3.63, 3.8) is 0 Å². The van der Waals surface area contributed by atoms with Gasteiger partial charge in [-0.05, 0) is 18.2 Å². The van der Waals surface area contributed by atoms with E-state index in [9.17, 15) is 4.79 Å². The van der Waals surface area contributed by atoms with Crippen molar-refractivity contribution >= 4 is 17.7 Å². The predicted molar refractivity (Wildman–Crippen MR) is 59.5 cm³/mol. The maximum atomic E-state index is 11.3. The molecule has 76 valence electrons. The molecule has 0 aromatic heterocycles. The van der Waals surface area contributed by atoms with Crippen LogP contribution in [0.4, 0.5) is 0 Å². The van der Waals surface area contributed by atoms with Crippen LogP contribution in [0.25, 0.3) is 0 Å². The zero-order valence-corrected chi connectivity index (χ0v) is 9.21. The number of rotatable bonds is 4. The van der Waals surface area contributed by atoms with Crippen LogP contribution in [0.5, 0.6) is 0 Å². The molecular weight excluding hydrogens is 196 g/mol. The van der Waals surface area contributed by atoms with Gasteiger partial charge in [0.1, 0.15) is 5.25 Å². The molecule has 0 N–H and O–H groups in total. The van der Waals surface area contributed by atoms with Gasteiger partial charge in [-0.25, -0.2) is 0 Å². The summed E-state index contributed by atoms with van der Waals surface area (Å²) in [6.07, 6.45) is 2.65. The number of benzene rings is 1. The van der Waals surface area contributed by atoms with Crippen molar-refractivity contribution in [3.8, 4) is 0 Å². The summed E-state index contributed by atoms with van der Waals surface area (Å²) in [7, 11) is 1.43. The summed E-state index contributed by atoms with van der Waals surface area (Å²) in [6.45, 7) is 0. The van der Waals surface area contributed by atoms with Gasteiger partial charge in [0.25, 0.3) is 0 Å². The molecule has 0 radical (unpaired) electrons. The number of ether oxygens (including phenoxy) is 1. The molecule has 3 heteroatoms. The van der Waals surface area contributed by atoms with E-state index in [-0.39, 0.29) is 11.2 Å². The van der Waals surface area contributed by atoms with Crippen LogP contribution >= 0.6 is 11.8 Å². The zero-order chi connectivity index (χ0) is 10.4. The standard InChI is InChI=1S/C11H14O2S/c1-13-11(12)10(14-2)8-9-6-4-3-5-7-9/h3-7,10H,8H2,1-2H3. The average Bonchev–Trinajstić information content (AvgIpc) is 2.26. The maximum absolute atomic E-state index is 11.3. The molecule has 1 aromatic carbocycles. The summed E-state index contributed by atoms with van der Waals surface area (Å²) in [5, 5.41) is -0.0950. The van der Waals surface area contributed by atoms with E-state index >= 15 is 0 Å². The highest BCUT2D eigenvalue weighted by Crippen LogP contribution is 2.14. The van der Waals surface area contributed by atoms with Gasteiger partial charge in [-0.1, -0.05) is 30.3 Å². The third-order valence-corrected chi connectivity index (χ3v) is 2.94. The Bertz CT molecular complexity index is 285. The second-order valence-corrected chi connectivity index (χ2v) is 3.98. The van der Waals surface area contributed by atoms with E-state index in [1.165, 1.54) is 18.9 Å².